The van der Waals surface area contributed by atoms with E-state index in [1.807, 2.05) is 66.9 Å². The summed E-state index contributed by atoms with van der Waals surface area (Å²) in [4.78, 5) is 44.8. The van der Waals surface area contributed by atoms with Crippen molar-refractivity contribution in [3.05, 3.63) is 121 Å². The van der Waals surface area contributed by atoms with Gasteiger partial charge in [0.1, 0.15) is 11.4 Å². The lowest BCUT2D eigenvalue weighted by Gasteiger charge is -2.25. The number of benzene rings is 3. The van der Waals surface area contributed by atoms with Gasteiger partial charge in [-0.1, -0.05) is 49.4 Å². The first kappa shape index (κ1) is 36.1. The molecule has 3 heterocycles. The summed E-state index contributed by atoms with van der Waals surface area (Å²) in [6, 6.07) is 21.5. The Labute approximate surface area is 305 Å². The molecular weight excluding hydrogens is 681 g/mol. The Morgan fingerprint density at radius 3 is 2.44 bits per heavy atom. The number of aromatic nitrogens is 3. The van der Waals surface area contributed by atoms with Crippen LogP contribution in [0.5, 0.6) is 17.2 Å². The van der Waals surface area contributed by atoms with E-state index in [2.05, 4.69) is 13.8 Å². The SMILES string of the molecule is CCOC(=O)C1=C(C)N=c2s/c(=C\c3cn(-c4ccccc4)nc3-c3ccc(OCCC(C)C)cc3)c(=O)n2C1c1ccc(OC(C)=O)c(OC)c1. The van der Waals surface area contributed by atoms with Crippen LogP contribution in [-0.2, 0) is 14.3 Å². The highest BCUT2D eigenvalue weighted by atomic mass is 32.1. The summed E-state index contributed by atoms with van der Waals surface area (Å²) in [5.41, 5.74) is 3.94. The molecule has 268 valence electrons. The predicted octanol–water partition coefficient (Wildman–Crippen LogP) is 6.01. The normalized spacial score (nSPS) is 14.2. The molecule has 0 saturated heterocycles. The van der Waals surface area contributed by atoms with E-state index >= 15 is 0 Å². The van der Waals surface area contributed by atoms with Gasteiger partial charge in [-0.05, 0) is 86.4 Å². The fraction of sp³-hybridized carbons (Fsp3) is 0.275. The molecule has 1 aliphatic heterocycles. The first-order valence-corrected chi connectivity index (χ1v) is 17.8. The monoisotopic (exact) mass is 720 g/mol. The number of thiazole rings is 1. The highest BCUT2D eigenvalue weighted by Crippen LogP contribution is 2.36. The van der Waals surface area contributed by atoms with E-state index in [4.69, 9.17) is 29.0 Å². The van der Waals surface area contributed by atoms with Gasteiger partial charge in [0.05, 0.1) is 47.9 Å². The Bertz CT molecular complexity index is 2320. The number of carbonyl (C=O) groups excluding carboxylic acids is 2. The van der Waals surface area contributed by atoms with E-state index in [-0.39, 0.29) is 29.2 Å². The van der Waals surface area contributed by atoms with Crippen LogP contribution >= 0.6 is 11.3 Å². The van der Waals surface area contributed by atoms with Crippen LogP contribution in [0.4, 0.5) is 0 Å². The zero-order valence-corrected chi connectivity index (χ0v) is 30.7. The van der Waals surface area contributed by atoms with Gasteiger partial charge in [0.2, 0.25) is 0 Å². The molecule has 52 heavy (non-hydrogen) atoms. The maximum Gasteiger partial charge on any atom is 0.338 e. The molecule has 0 fully saturated rings. The van der Waals surface area contributed by atoms with Crippen molar-refractivity contribution in [1.82, 2.24) is 14.3 Å². The molecule has 6 rings (SSSR count). The number of methoxy groups -OCH3 is 1. The highest BCUT2D eigenvalue weighted by Gasteiger charge is 2.34. The molecule has 3 aromatic carbocycles. The second-order valence-corrected chi connectivity index (χ2v) is 13.6. The van der Waals surface area contributed by atoms with Crippen LogP contribution in [0.2, 0.25) is 0 Å². The van der Waals surface area contributed by atoms with Crippen LogP contribution in [0.15, 0.2) is 100 Å². The van der Waals surface area contributed by atoms with Gasteiger partial charge >= 0.3 is 11.9 Å². The lowest BCUT2D eigenvalue weighted by molar-refractivity contribution is -0.139. The smallest absolute Gasteiger partial charge is 0.338 e. The van der Waals surface area contributed by atoms with Crippen molar-refractivity contribution in [3.8, 4) is 34.2 Å². The molecule has 0 bridgehead atoms. The molecule has 0 saturated carbocycles. The van der Waals surface area contributed by atoms with E-state index < -0.39 is 18.0 Å². The van der Waals surface area contributed by atoms with Crippen LogP contribution in [0, 0.1) is 5.92 Å². The summed E-state index contributed by atoms with van der Waals surface area (Å²) in [5, 5.41) is 4.95. The van der Waals surface area contributed by atoms with Gasteiger partial charge in [-0.15, -0.1) is 0 Å². The quantitative estimate of drug-likeness (QED) is 0.114. The van der Waals surface area contributed by atoms with E-state index in [0.717, 1.165) is 23.4 Å². The molecule has 2 aromatic heterocycles. The van der Waals surface area contributed by atoms with Crippen molar-refractivity contribution in [2.24, 2.45) is 10.9 Å². The van der Waals surface area contributed by atoms with Crippen LogP contribution in [0.3, 0.4) is 0 Å². The Morgan fingerprint density at radius 2 is 1.77 bits per heavy atom. The zero-order chi connectivity index (χ0) is 36.9. The first-order valence-electron chi connectivity index (χ1n) is 17.0. The minimum absolute atomic E-state index is 0.140. The second kappa shape index (κ2) is 15.6. The van der Waals surface area contributed by atoms with Gasteiger partial charge in [-0.3, -0.25) is 14.2 Å². The molecule has 0 N–H and O–H groups in total. The van der Waals surface area contributed by atoms with Crippen molar-refractivity contribution < 1.29 is 28.5 Å². The van der Waals surface area contributed by atoms with Crippen molar-refractivity contribution in [3.63, 3.8) is 0 Å². The Hall–Kier alpha value is -5.75. The first-order chi connectivity index (χ1) is 25.1. The lowest BCUT2D eigenvalue weighted by atomic mass is 9.95. The van der Waals surface area contributed by atoms with Gasteiger partial charge in [0.25, 0.3) is 5.56 Å². The zero-order valence-electron chi connectivity index (χ0n) is 29.9. The van der Waals surface area contributed by atoms with Crippen LogP contribution in [-0.4, -0.2) is 46.6 Å². The molecule has 1 unspecified atom stereocenters. The molecule has 5 aromatic rings. The Morgan fingerprint density at radius 1 is 1.02 bits per heavy atom. The van der Waals surface area contributed by atoms with Gasteiger partial charge in [0, 0.05) is 24.2 Å². The molecule has 1 aliphatic rings. The minimum atomic E-state index is -0.896. The summed E-state index contributed by atoms with van der Waals surface area (Å²) >= 11 is 1.21. The maximum atomic E-state index is 14.5. The third kappa shape index (κ3) is 7.62. The van der Waals surface area contributed by atoms with Crippen LogP contribution in [0.1, 0.15) is 58.2 Å². The van der Waals surface area contributed by atoms with Gasteiger partial charge in [0.15, 0.2) is 16.3 Å². The van der Waals surface area contributed by atoms with Crippen molar-refractivity contribution in [2.45, 2.75) is 47.1 Å². The number of rotatable bonds is 12. The Kier molecular flexibility index (Phi) is 10.8. The number of allylic oxidation sites excluding steroid dienone is 1. The summed E-state index contributed by atoms with van der Waals surface area (Å²) in [6.07, 6.45) is 4.66. The molecule has 0 spiro atoms. The average molecular weight is 721 g/mol. The molecule has 1 atom stereocenters. The van der Waals surface area contributed by atoms with Crippen LogP contribution in [0.25, 0.3) is 23.0 Å². The molecule has 0 radical (unpaired) electrons. The van der Waals surface area contributed by atoms with Crippen molar-refractivity contribution >= 4 is 29.4 Å². The van der Waals surface area contributed by atoms with Crippen molar-refractivity contribution in [1.29, 1.82) is 0 Å². The van der Waals surface area contributed by atoms with Crippen molar-refractivity contribution in [2.75, 3.05) is 20.3 Å². The number of hydrogen-bond donors (Lipinski definition) is 0. The third-order valence-electron chi connectivity index (χ3n) is 8.42. The summed E-state index contributed by atoms with van der Waals surface area (Å²) in [7, 11) is 1.45. The van der Waals surface area contributed by atoms with Gasteiger partial charge < -0.3 is 18.9 Å². The number of fused-ring (bicyclic) bond motifs is 1. The summed E-state index contributed by atoms with van der Waals surface area (Å²) < 4.78 is 25.9. The van der Waals surface area contributed by atoms with E-state index in [1.165, 1.54) is 29.9 Å². The standard InChI is InChI=1S/C40H40N4O7S/c1-7-49-39(47)35-25(4)41-40-44(37(35)28-15-18-32(51-26(5)45)33(21-28)48-6)38(46)34(52-40)22-29-23-43(30-11-9-8-10-12-30)42-36(29)27-13-16-31(17-14-27)50-20-19-24(2)3/h8-18,21-24,37H,7,19-20H2,1-6H3/b34-22-. The second-order valence-electron chi connectivity index (χ2n) is 12.6. The van der Waals surface area contributed by atoms with E-state index in [0.29, 0.717) is 44.4 Å². The Balaban J connectivity index is 1.49. The highest BCUT2D eigenvalue weighted by molar-refractivity contribution is 7.07. The minimum Gasteiger partial charge on any atom is -0.494 e. The molecule has 11 nitrogen and oxygen atoms in total. The maximum absolute atomic E-state index is 14.5. The molecule has 12 heteroatoms. The van der Waals surface area contributed by atoms with E-state index in [1.54, 1.807) is 36.7 Å². The lowest BCUT2D eigenvalue weighted by Crippen LogP contribution is -2.40. The summed E-state index contributed by atoms with van der Waals surface area (Å²) in [5.74, 6) is 0.690. The summed E-state index contributed by atoms with van der Waals surface area (Å²) in [6.45, 7) is 9.83. The number of esters is 2. The molecular formula is C40H40N4O7S. The number of nitrogens with zero attached hydrogens (tertiary/aromatic N) is 4. The molecule has 0 aliphatic carbocycles. The van der Waals surface area contributed by atoms with Crippen LogP contribution < -0.4 is 29.1 Å². The number of ether oxygens (including phenoxy) is 4. The number of hydrogen-bond acceptors (Lipinski definition) is 10. The third-order valence-corrected chi connectivity index (χ3v) is 9.40. The predicted molar refractivity (Wildman–Crippen MR) is 199 cm³/mol. The number of carbonyl (C=O) groups is 2. The van der Waals surface area contributed by atoms with Gasteiger partial charge in [-0.2, -0.15) is 5.10 Å². The topological polar surface area (TPSA) is 123 Å². The number of para-hydroxylation sites is 1. The largest absolute Gasteiger partial charge is 0.494 e. The van der Waals surface area contributed by atoms with E-state index in [9.17, 15) is 14.4 Å². The fourth-order valence-corrected chi connectivity index (χ4v) is 6.93. The average Bonchev–Trinajstić information content (AvgIpc) is 3.68. The fourth-order valence-electron chi connectivity index (χ4n) is 5.89. The molecule has 0 amide bonds. The van der Waals surface area contributed by atoms with Gasteiger partial charge in [-0.25, -0.2) is 14.5 Å².